The van der Waals surface area contributed by atoms with Gasteiger partial charge in [0.2, 0.25) is 0 Å². The fraction of sp³-hybridized carbons (Fsp3) is 0. The molecule has 0 aromatic carbocycles. The first-order valence-electron chi connectivity index (χ1n) is 0. The first-order chi connectivity index (χ1) is 0. The summed E-state index contributed by atoms with van der Waals surface area (Å²) in [5.74, 6) is 0. The van der Waals surface area contributed by atoms with Crippen molar-refractivity contribution in [1.82, 2.24) is 0 Å². The molecule has 0 fully saturated rings. The Hall–Kier alpha value is 2.25. The summed E-state index contributed by atoms with van der Waals surface area (Å²) in [6, 6.07) is 0. The van der Waals surface area contributed by atoms with Crippen LogP contribution < -0.4 is 0 Å². The molecule has 0 aromatic heterocycles. The Morgan fingerprint density at radius 1 is 1.00 bits per heavy atom. The van der Waals surface area contributed by atoms with Crippen molar-refractivity contribution in [1.29, 1.82) is 0 Å². The van der Waals surface area contributed by atoms with E-state index in [0.717, 1.165) is 0 Å². The maximum atomic E-state index is 0. The fourth-order valence-corrected chi connectivity index (χ4v) is 0. The van der Waals surface area contributed by atoms with Gasteiger partial charge in [-0.15, -0.1) is 0 Å². The zero-order valence-electron chi connectivity index (χ0n) is 1.50. The quantitative estimate of drug-likeness (QED) is 0.508. The van der Waals surface area contributed by atoms with Gasteiger partial charge in [-0.2, -0.15) is 0 Å². The normalized spacial score (nSPS) is 0. The van der Waals surface area contributed by atoms with Crippen molar-refractivity contribution in [3.63, 3.8) is 0 Å². The van der Waals surface area contributed by atoms with E-state index in [9.17, 15) is 0 Å². The molecule has 0 saturated carbocycles. The third kappa shape index (κ3) is 8.87. The molecule has 0 aromatic rings. The predicted molar refractivity (Wildman–Crippen MR) is 0 cm³/mol. The standard InChI is InChI=1S/Cu.Mn.Ni.Ti. The molecule has 0 unspecified atom stereocenters. The average Bonchev–Trinajstić information content (AvgIpc) is 0. The Labute approximate surface area is 71.6 Å². The van der Waals surface area contributed by atoms with Gasteiger partial charge >= 0.3 is 0 Å². The second kappa shape index (κ2) is 18.7. The molecule has 0 amide bonds. The van der Waals surface area contributed by atoms with Crippen molar-refractivity contribution in [2.24, 2.45) is 0 Å². The summed E-state index contributed by atoms with van der Waals surface area (Å²) in [7, 11) is 0. The summed E-state index contributed by atoms with van der Waals surface area (Å²) < 4.78 is 0. The maximum Gasteiger partial charge on any atom is 0 e. The molecule has 0 saturated heterocycles. The smallest absolute Gasteiger partial charge is 0 e. The zero-order chi connectivity index (χ0) is 0. The fourth-order valence-electron chi connectivity index (χ4n) is 0. The zero-order valence-corrected chi connectivity index (χ0v) is 6.17. The number of rotatable bonds is 0. The van der Waals surface area contributed by atoms with Crippen LogP contribution in [0.3, 0.4) is 0 Å². The van der Waals surface area contributed by atoms with E-state index < -0.39 is 0 Å². The van der Waals surface area contributed by atoms with E-state index in [4.69, 9.17) is 0 Å². The van der Waals surface area contributed by atoms with E-state index in [1.54, 1.807) is 0 Å². The van der Waals surface area contributed by atoms with Crippen LogP contribution >= 0.6 is 0 Å². The van der Waals surface area contributed by atoms with E-state index in [2.05, 4.69) is 0 Å². The monoisotopic (exact) mass is 224 g/mol. The molecule has 0 rings (SSSR count). The first kappa shape index (κ1) is 34.1. The molecule has 4 heteroatoms. The van der Waals surface area contributed by atoms with Crippen LogP contribution in [-0.2, 0) is 72.3 Å². The van der Waals surface area contributed by atoms with Crippen LogP contribution in [0.15, 0.2) is 0 Å². The van der Waals surface area contributed by atoms with Gasteiger partial charge in [0.25, 0.3) is 0 Å². The molecule has 4 heavy (non-hydrogen) atoms. The van der Waals surface area contributed by atoms with E-state index in [1.807, 2.05) is 0 Å². The summed E-state index contributed by atoms with van der Waals surface area (Å²) in [4.78, 5) is 0. The summed E-state index contributed by atoms with van der Waals surface area (Å²) in [6.45, 7) is 0. The van der Waals surface area contributed by atoms with Gasteiger partial charge in [-0.1, -0.05) is 0 Å². The Morgan fingerprint density at radius 3 is 1.00 bits per heavy atom. The second-order valence-electron chi connectivity index (χ2n) is 0. The molecule has 32 valence electrons. The summed E-state index contributed by atoms with van der Waals surface area (Å²) in [5, 5.41) is 0. The van der Waals surface area contributed by atoms with Crippen LogP contribution in [0.4, 0.5) is 0 Å². The molecule has 0 aliphatic heterocycles. The SMILES string of the molecule is [Cu].[Mn].[Ni].[Ti]. The molecule has 0 heterocycles. The van der Waals surface area contributed by atoms with E-state index in [0.29, 0.717) is 0 Å². The summed E-state index contributed by atoms with van der Waals surface area (Å²) >= 11 is 0. The minimum atomic E-state index is 0. The van der Waals surface area contributed by atoms with Crippen LogP contribution in [0.2, 0.25) is 0 Å². The van der Waals surface area contributed by atoms with Gasteiger partial charge in [0.05, 0.1) is 0 Å². The molecule has 0 N–H and O–H groups in total. The minimum Gasteiger partial charge on any atom is 0 e. The van der Waals surface area contributed by atoms with Gasteiger partial charge in [-0.3, -0.25) is 0 Å². The van der Waals surface area contributed by atoms with E-state index in [-0.39, 0.29) is 72.3 Å². The van der Waals surface area contributed by atoms with Crippen molar-refractivity contribution in [3.8, 4) is 0 Å². The molecule has 0 nitrogen and oxygen atoms in total. The summed E-state index contributed by atoms with van der Waals surface area (Å²) in [5.41, 5.74) is 0. The van der Waals surface area contributed by atoms with Gasteiger partial charge in [-0.05, 0) is 0 Å². The maximum absolute atomic E-state index is 0. The van der Waals surface area contributed by atoms with Gasteiger partial charge in [0.1, 0.15) is 0 Å². The molecular formula is CuMnNiTi. The van der Waals surface area contributed by atoms with Crippen molar-refractivity contribution in [2.45, 2.75) is 0 Å². The second-order valence-corrected chi connectivity index (χ2v) is 0. The van der Waals surface area contributed by atoms with Crippen LogP contribution in [0.5, 0.6) is 0 Å². The topological polar surface area (TPSA) is 0 Å². The van der Waals surface area contributed by atoms with Crippen LogP contribution in [0.25, 0.3) is 0 Å². The Morgan fingerprint density at radius 2 is 1.00 bits per heavy atom. The largest absolute Gasteiger partial charge is 0 e. The minimum absolute atomic E-state index is 0. The van der Waals surface area contributed by atoms with Gasteiger partial charge in [0.15, 0.2) is 0 Å². The molecule has 0 atom stereocenters. The summed E-state index contributed by atoms with van der Waals surface area (Å²) in [6.07, 6.45) is 0. The molecule has 2 radical (unpaired) electrons. The molecule has 0 spiro atoms. The molecular weight excluding hydrogens is 225 g/mol. The van der Waals surface area contributed by atoms with Crippen LogP contribution in [0, 0.1) is 0 Å². The van der Waals surface area contributed by atoms with Crippen molar-refractivity contribution in [2.75, 3.05) is 0 Å². The third-order valence-electron chi connectivity index (χ3n) is 0. The molecule has 0 aliphatic carbocycles. The van der Waals surface area contributed by atoms with E-state index >= 15 is 0 Å². The van der Waals surface area contributed by atoms with Crippen LogP contribution in [-0.4, -0.2) is 0 Å². The van der Waals surface area contributed by atoms with Crippen LogP contribution in [0.1, 0.15) is 0 Å². The van der Waals surface area contributed by atoms with Gasteiger partial charge in [-0.25, -0.2) is 0 Å². The molecule has 0 aliphatic rings. The first-order valence-corrected chi connectivity index (χ1v) is 0. The van der Waals surface area contributed by atoms with Crippen molar-refractivity contribution < 1.29 is 72.3 Å². The number of hydrogen-bond donors (Lipinski definition) is 0. The third-order valence-corrected chi connectivity index (χ3v) is 0. The van der Waals surface area contributed by atoms with Gasteiger partial charge in [0, 0.05) is 72.3 Å². The Kier molecular flexibility index (Phi) is 160. The Balaban J connectivity index is 0. The van der Waals surface area contributed by atoms with Crippen molar-refractivity contribution in [3.05, 3.63) is 0 Å². The van der Waals surface area contributed by atoms with Gasteiger partial charge < -0.3 is 0 Å². The average molecular weight is 225 g/mol. The predicted octanol–water partition coefficient (Wildman–Crippen LogP) is -0.0100. The number of hydrogen-bond acceptors (Lipinski definition) is 0. The van der Waals surface area contributed by atoms with E-state index in [1.165, 1.54) is 0 Å². The Bertz CT molecular complexity index is 8.00. The van der Waals surface area contributed by atoms with Crippen molar-refractivity contribution >= 4 is 0 Å². The molecule has 0 bridgehead atoms.